The van der Waals surface area contributed by atoms with Gasteiger partial charge in [0.15, 0.2) is 0 Å². The molecule has 4 atom stereocenters. The van der Waals surface area contributed by atoms with Crippen LogP contribution < -0.4 is 10.6 Å². The second kappa shape index (κ2) is 21.3. The van der Waals surface area contributed by atoms with E-state index in [1.807, 2.05) is 26.0 Å². The number of nitrogens with zero attached hydrogens (tertiary/aromatic N) is 1. The predicted molar refractivity (Wildman–Crippen MR) is 200 cm³/mol. The first-order valence-electron chi connectivity index (χ1n) is 19.0. The standard InChI is InChI=1S/C26H36N2O5.C14H26FNO3/c1-17-21-16-19(10-11-22(21)33-24(17)26(30)32-15-7-14-31-3)27-25(29)23-20(12-13-28(23)2)18-8-5-4-6-9-18;1-5-11(10-17)7-6-8-12(9-15)16-13(18)19-14(2,3)4/h10-11,16,18,20,23H,4-9,12-15H2,1-3H3,(H,27,29);10-12H,5-9H2,1-4H3,(H,16,18). The molecule has 1 aromatic heterocycles. The quantitative estimate of drug-likeness (QED) is 0.0999. The number of carbonyl (C=O) groups excluding carboxylic acids is 4. The molecule has 292 valence electrons. The number of nitrogens with one attached hydrogen (secondary N) is 2. The van der Waals surface area contributed by atoms with Crippen molar-refractivity contribution in [1.29, 1.82) is 0 Å². The lowest BCUT2D eigenvalue weighted by Gasteiger charge is -2.32. The third-order valence-corrected chi connectivity index (χ3v) is 10.1. The molecule has 4 rings (SSSR count). The van der Waals surface area contributed by atoms with Crippen LogP contribution in [0.25, 0.3) is 11.0 Å². The maximum absolute atomic E-state index is 13.3. The highest BCUT2D eigenvalue weighted by Gasteiger charge is 2.41. The topological polar surface area (TPSA) is 136 Å². The van der Waals surface area contributed by atoms with Gasteiger partial charge in [-0.1, -0.05) is 45.4 Å². The third kappa shape index (κ3) is 13.2. The number of amides is 2. The zero-order chi connectivity index (χ0) is 38.3. The summed E-state index contributed by atoms with van der Waals surface area (Å²) >= 11 is 0. The Bertz CT molecular complexity index is 1430. The van der Waals surface area contributed by atoms with Gasteiger partial charge in [-0.25, -0.2) is 14.0 Å². The van der Waals surface area contributed by atoms with Crippen molar-refractivity contribution in [2.75, 3.05) is 45.9 Å². The van der Waals surface area contributed by atoms with E-state index in [0.29, 0.717) is 43.3 Å². The van der Waals surface area contributed by atoms with Gasteiger partial charge >= 0.3 is 12.1 Å². The van der Waals surface area contributed by atoms with Gasteiger partial charge in [-0.15, -0.1) is 0 Å². The van der Waals surface area contributed by atoms with Crippen molar-refractivity contribution in [2.45, 2.75) is 123 Å². The van der Waals surface area contributed by atoms with Gasteiger partial charge in [0.25, 0.3) is 0 Å². The lowest BCUT2D eigenvalue weighted by molar-refractivity contribution is -0.121. The van der Waals surface area contributed by atoms with E-state index >= 15 is 0 Å². The van der Waals surface area contributed by atoms with Crippen LogP contribution in [0, 0.1) is 24.7 Å². The van der Waals surface area contributed by atoms with Crippen LogP contribution in [-0.4, -0.2) is 87.4 Å². The van der Waals surface area contributed by atoms with Gasteiger partial charge in [0.2, 0.25) is 11.7 Å². The average molecular weight is 732 g/mol. The SMILES string of the molecule is CCC(C=O)CCCC(CF)NC(=O)OC(C)(C)C.COCCCOC(=O)c1oc2ccc(NC(=O)C3C(C4CCCCC4)CCN3C)cc2c1C. The first-order chi connectivity index (χ1) is 24.8. The molecule has 2 fully saturated rings. The molecule has 1 aliphatic carbocycles. The Morgan fingerprint density at radius 3 is 2.44 bits per heavy atom. The molecule has 0 spiro atoms. The van der Waals surface area contributed by atoms with Crippen molar-refractivity contribution < 1.29 is 42.2 Å². The van der Waals surface area contributed by atoms with Crippen molar-refractivity contribution in [3.63, 3.8) is 0 Å². The van der Waals surface area contributed by atoms with Crippen molar-refractivity contribution in [2.24, 2.45) is 17.8 Å². The highest BCUT2D eigenvalue weighted by molar-refractivity contribution is 6.00. The zero-order valence-corrected chi connectivity index (χ0v) is 32.4. The van der Waals surface area contributed by atoms with Crippen molar-refractivity contribution in [1.82, 2.24) is 10.2 Å². The minimum atomic E-state index is -0.628. The number of hydrogen-bond acceptors (Lipinski definition) is 9. The van der Waals surface area contributed by atoms with E-state index in [9.17, 15) is 23.6 Å². The van der Waals surface area contributed by atoms with Gasteiger partial charge in [-0.2, -0.15) is 0 Å². The van der Waals surface area contributed by atoms with Crippen molar-refractivity contribution in [3.8, 4) is 0 Å². The lowest BCUT2D eigenvalue weighted by Crippen LogP contribution is -2.43. The number of furan rings is 1. The number of likely N-dealkylation sites (N-methyl/N-ethyl adjacent to an activating group) is 1. The number of aryl methyl sites for hydroxylation is 1. The Kier molecular flexibility index (Phi) is 17.5. The molecule has 52 heavy (non-hydrogen) atoms. The number of hydrogen-bond donors (Lipinski definition) is 2. The van der Waals surface area contributed by atoms with E-state index < -0.39 is 30.4 Å². The molecule has 1 saturated carbocycles. The van der Waals surface area contributed by atoms with Crippen LogP contribution in [0.4, 0.5) is 14.9 Å². The van der Waals surface area contributed by atoms with Gasteiger partial charge in [0.05, 0.1) is 18.7 Å². The summed E-state index contributed by atoms with van der Waals surface area (Å²) in [5.41, 5.74) is 1.46. The van der Waals surface area contributed by atoms with Crippen LogP contribution in [0.15, 0.2) is 22.6 Å². The monoisotopic (exact) mass is 731 g/mol. The summed E-state index contributed by atoms with van der Waals surface area (Å²) in [6.07, 6.45) is 11.2. The molecule has 1 aromatic carbocycles. The average Bonchev–Trinajstić information content (AvgIpc) is 3.67. The minimum absolute atomic E-state index is 0.0294. The number of alkyl carbamates (subject to hydrolysis) is 1. The number of alkyl halides is 1. The fraction of sp³-hybridized carbons (Fsp3) is 0.700. The summed E-state index contributed by atoms with van der Waals surface area (Å²) in [5, 5.41) is 6.45. The number of halogens is 1. The molecule has 12 heteroatoms. The number of carbonyl (C=O) groups is 4. The smallest absolute Gasteiger partial charge is 0.407 e. The largest absolute Gasteiger partial charge is 0.460 e. The van der Waals surface area contributed by atoms with Gasteiger partial charge < -0.3 is 34.1 Å². The molecule has 1 aliphatic heterocycles. The third-order valence-electron chi connectivity index (χ3n) is 10.1. The molecule has 2 N–H and O–H groups in total. The first-order valence-corrected chi connectivity index (χ1v) is 19.0. The van der Waals surface area contributed by atoms with Gasteiger partial charge in [-0.05, 0) is 97.0 Å². The molecule has 1 saturated heterocycles. The van der Waals surface area contributed by atoms with E-state index in [-0.39, 0.29) is 30.2 Å². The number of aldehydes is 1. The molecule has 2 aromatic rings. The molecule has 2 aliphatic rings. The van der Waals surface area contributed by atoms with Gasteiger partial charge in [0, 0.05) is 42.7 Å². The highest BCUT2D eigenvalue weighted by atomic mass is 19.1. The Balaban J connectivity index is 0.000000329. The number of fused-ring (bicyclic) bond motifs is 1. The summed E-state index contributed by atoms with van der Waals surface area (Å²) in [4.78, 5) is 50.1. The number of esters is 1. The molecule has 2 heterocycles. The van der Waals surface area contributed by atoms with Gasteiger partial charge in [0.1, 0.15) is 24.1 Å². The Labute approximate surface area is 309 Å². The van der Waals surface area contributed by atoms with Gasteiger partial charge in [-0.3, -0.25) is 9.69 Å². The number of methoxy groups -OCH3 is 1. The predicted octanol–water partition coefficient (Wildman–Crippen LogP) is 8.02. The van der Waals surface area contributed by atoms with Crippen LogP contribution >= 0.6 is 0 Å². The summed E-state index contributed by atoms with van der Waals surface area (Å²) < 4.78 is 33.9. The molecule has 4 unspecified atom stereocenters. The fourth-order valence-electron chi connectivity index (χ4n) is 7.23. The molecular formula is C40H62FN3O8. The van der Waals surface area contributed by atoms with E-state index in [4.69, 9.17) is 18.6 Å². The van der Waals surface area contributed by atoms with Crippen LogP contribution in [0.2, 0.25) is 0 Å². The maximum Gasteiger partial charge on any atom is 0.407 e. The molecular weight excluding hydrogens is 669 g/mol. The second-order valence-electron chi connectivity index (χ2n) is 15.2. The van der Waals surface area contributed by atoms with Crippen LogP contribution in [0.1, 0.15) is 114 Å². The lowest BCUT2D eigenvalue weighted by atomic mass is 9.76. The molecule has 0 bridgehead atoms. The van der Waals surface area contributed by atoms with Crippen molar-refractivity contribution in [3.05, 3.63) is 29.5 Å². The van der Waals surface area contributed by atoms with E-state index in [0.717, 1.165) is 48.7 Å². The summed E-state index contributed by atoms with van der Waals surface area (Å²) in [5.74, 6) is 0.891. The Morgan fingerprint density at radius 1 is 1.08 bits per heavy atom. The fourth-order valence-corrected chi connectivity index (χ4v) is 7.23. The summed E-state index contributed by atoms with van der Waals surface area (Å²) in [6, 6.07) is 4.89. The van der Waals surface area contributed by atoms with Crippen LogP contribution in [0.5, 0.6) is 0 Å². The summed E-state index contributed by atoms with van der Waals surface area (Å²) in [7, 11) is 3.67. The number of ether oxygens (including phenoxy) is 3. The van der Waals surface area contributed by atoms with E-state index in [1.54, 1.807) is 33.9 Å². The number of likely N-dealkylation sites (tertiary alicyclic amines) is 1. The normalized spacial score (nSPS) is 19.3. The number of benzene rings is 1. The van der Waals surface area contributed by atoms with E-state index in [2.05, 4.69) is 22.6 Å². The maximum atomic E-state index is 13.3. The summed E-state index contributed by atoms with van der Waals surface area (Å²) in [6.45, 7) is 10.2. The molecule has 11 nitrogen and oxygen atoms in total. The molecule has 2 amide bonds. The second-order valence-corrected chi connectivity index (χ2v) is 15.2. The first kappa shape index (κ1) is 42.9. The highest BCUT2D eigenvalue weighted by Crippen LogP contribution is 2.39. The minimum Gasteiger partial charge on any atom is -0.460 e. The number of rotatable bonds is 16. The van der Waals surface area contributed by atoms with Crippen LogP contribution in [-0.2, 0) is 23.8 Å². The van der Waals surface area contributed by atoms with Crippen LogP contribution in [0.3, 0.4) is 0 Å². The Morgan fingerprint density at radius 2 is 1.81 bits per heavy atom. The van der Waals surface area contributed by atoms with E-state index in [1.165, 1.54) is 32.1 Å². The van der Waals surface area contributed by atoms with Crippen molar-refractivity contribution >= 4 is 40.9 Å². The Hall–Kier alpha value is -3.51. The number of anilines is 1. The molecule has 0 radical (unpaired) electrons. The zero-order valence-electron chi connectivity index (χ0n) is 32.4.